The summed E-state index contributed by atoms with van der Waals surface area (Å²) in [5, 5.41) is 13.4. The van der Waals surface area contributed by atoms with E-state index in [4.69, 9.17) is 14.0 Å². The summed E-state index contributed by atoms with van der Waals surface area (Å²) in [7, 11) is 0. The third kappa shape index (κ3) is 3.85. The molecule has 2 aromatic carbocycles. The lowest BCUT2D eigenvalue weighted by atomic mass is 9.94. The molecule has 1 saturated heterocycles. The number of benzene rings is 2. The molecule has 0 bridgehead atoms. The van der Waals surface area contributed by atoms with Crippen molar-refractivity contribution in [3.05, 3.63) is 60.0 Å². The van der Waals surface area contributed by atoms with E-state index in [1.54, 1.807) is 5.48 Å². The van der Waals surface area contributed by atoms with E-state index in [2.05, 4.69) is 15.0 Å². The zero-order chi connectivity index (χ0) is 21.2. The Morgan fingerprint density at radius 1 is 1.10 bits per heavy atom. The molecule has 0 radical (unpaired) electrons. The monoisotopic (exact) mass is 422 g/mol. The Morgan fingerprint density at radius 3 is 2.65 bits per heavy atom. The van der Waals surface area contributed by atoms with Gasteiger partial charge in [0.1, 0.15) is 6.04 Å². The molecular weight excluding hydrogens is 400 g/mol. The number of amides is 1. The molecular formula is C22H22N4O5. The molecule has 3 heterocycles. The van der Waals surface area contributed by atoms with Crippen LogP contribution in [-0.4, -0.2) is 46.0 Å². The van der Waals surface area contributed by atoms with Gasteiger partial charge in [-0.1, -0.05) is 35.5 Å². The molecule has 0 spiro atoms. The number of hydroxylamine groups is 1. The first-order valence-corrected chi connectivity index (χ1v) is 10.2. The first kappa shape index (κ1) is 19.5. The fourth-order valence-electron chi connectivity index (χ4n) is 4.18. The third-order valence-corrected chi connectivity index (χ3v) is 5.79. The van der Waals surface area contributed by atoms with Gasteiger partial charge in [0.25, 0.3) is 5.91 Å². The van der Waals surface area contributed by atoms with Crippen molar-refractivity contribution < 1.29 is 24.0 Å². The van der Waals surface area contributed by atoms with Crippen molar-refractivity contribution in [2.24, 2.45) is 0 Å². The van der Waals surface area contributed by atoms with Crippen molar-refractivity contribution in [2.75, 3.05) is 19.9 Å². The van der Waals surface area contributed by atoms with E-state index >= 15 is 0 Å². The SMILES string of the molecule is O=C(NO)C(c1ccccc1)N1CCC(c2nc(-c3ccc4c(c3)OCO4)no2)CC1. The summed E-state index contributed by atoms with van der Waals surface area (Å²) >= 11 is 0. The van der Waals surface area contributed by atoms with E-state index in [-0.39, 0.29) is 12.7 Å². The van der Waals surface area contributed by atoms with Crippen LogP contribution in [0.4, 0.5) is 0 Å². The van der Waals surface area contributed by atoms with Gasteiger partial charge in [0, 0.05) is 11.5 Å². The van der Waals surface area contributed by atoms with Gasteiger partial charge in [-0.05, 0) is 49.7 Å². The molecule has 9 nitrogen and oxygen atoms in total. The number of nitrogens with zero attached hydrogens (tertiary/aromatic N) is 3. The van der Waals surface area contributed by atoms with Gasteiger partial charge in [-0.25, -0.2) is 5.48 Å². The maximum Gasteiger partial charge on any atom is 0.265 e. The fraction of sp³-hybridized carbons (Fsp3) is 0.318. The highest BCUT2D eigenvalue weighted by atomic mass is 16.7. The molecule has 1 aromatic heterocycles. The van der Waals surface area contributed by atoms with Crippen LogP contribution in [0.25, 0.3) is 11.4 Å². The van der Waals surface area contributed by atoms with Crippen LogP contribution < -0.4 is 15.0 Å². The lowest BCUT2D eigenvalue weighted by Gasteiger charge is -2.35. The number of hydrogen-bond donors (Lipinski definition) is 2. The number of piperidine rings is 1. The first-order valence-electron chi connectivity index (χ1n) is 10.2. The maximum atomic E-state index is 12.3. The summed E-state index contributed by atoms with van der Waals surface area (Å²) in [5.41, 5.74) is 3.45. The number of ether oxygens (including phenoxy) is 2. The summed E-state index contributed by atoms with van der Waals surface area (Å²) in [6.07, 6.45) is 1.54. The number of hydrogen-bond acceptors (Lipinski definition) is 8. The highest BCUT2D eigenvalue weighted by Gasteiger charge is 2.33. The van der Waals surface area contributed by atoms with E-state index in [0.29, 0.717) is 36.3 Å². The van der Waals surface area contributed by atoms with Crippen molar-refractivity contribution in [3.63, 3.8) is 0 Å². The van der Waals surface area contributed by atoms with E-state index in [1.807, 2.05) is 48.5 Å². The number of carbonyl (C=O) groups is 1. The van der Waals surface area contributed by atoms with Gasteiger partial charge in [-0.2, -0.15) is 4.98 Å². The largest absolute Gasteiger partial charge is 0.454 e. The van der Waals surface area contributed by atoms with Gasteiger partial charge >= 0.3 is 0 Å². The fourth-order valence-corrected chi connectivity index (χ4v) is 4.18. The molecule has 5 rings (SSSR count). The van der Waals surface area contributed by atoms with Crippen LogP contribution in [0.1, 0.15) is 36.3 Å². The molecule has 31 heavy (non-hydrogen) atoms. The lowest BCUT2D eigenvalue weighted by molar-refractivity contribution is -0.135. The minimum atomic E-state index is -0.543. The molecule has 2 aliphatic heterocycles. The van der Waals surface area contributed by atoms with Crippen LogP contribution in [0.15, 0.2) is 53.1 Å². The van der Waals surface area contributed by atoms with Crippen molar-refractivity contribution in [2.45, 2.75) is 24.8 Å². The first-order chi connectivity index (χ1) is 15.2. The summed E-state index contributed by atoms with van der Waals surface area (Å²) in [6.45, 7) is 1.55. The molecule has 3 aromatic rings. The minimum Gasteiger partial charge on any atom is -0.454 e. The summed E-state index contributed by atoms with van der Waals surface area (Å²) in [5.74, 6) is 2.16. The Balaban J connectivity index is 1.28. The molecule has 1 fully saturated rings. The van der Waals surface area contributed by atoms with Crippen molar-refractivity contribution in [3.8, 4) is 22.9 Å². The standard InChI is InChI=1S/C22H22N4O5/c27-21(24-28)19(14-4-2-1-3-5-14)26-10-8-15(9-11-26)22-23-20(25-31-22)16-6-7-17-18(12-16)30-13-29-17/h1-7,12,15,19,28H,8-11,13H2,(H,24,27). The van der Waals surface area contributed by atoms with Crippen LogP contribution in [0.2, 0.25) is 0 Å². The molecule has 160 valence electrons. The summed E-state index contributed by atoms with van der Waals surface area (Å²) < 4.78 is 16.3. The molecule has 2 aliphatic rings. The van der Waals surface area contributed by atoms with Crippen molar-refractivity contribution in [1.29, 1.82) is 0 Å². The number of nitrogens with one attached hydrogen (secondary N) is 1. The molecule has 0 aliphatic carbocycles. The molecule has 2 N–H and O–H groups in total. The highest BCUT2D eigenvalue weighted by Crippen LogP contribution is 2.36. The van der Waals surface area contributed by atoms with Crippen LogP contribution in [0.3, 0.4) is 0 Å². The van der Waals surface area contributed by atoms with Gasteiger partial charge in [-0.3, -0.25) is 14.9 Å². The van der Waals surface area contributed by atoms with Gasteiger partial charge < -0.3 is 14.0 Å². The maximum absolute atomic E-state index is 12.3. The van der Waals surface area contributed by atoms with Gasteiger partial charge in [0.05, 0.1) is 0 Å². The normalized spacial score (nSPS) is 17.5. The lowest BCUT2D eigenvalue weighted by Crippen LogP contribution is -2.43. The minimum absolute atomic E-state index is 0.111. The van der Waals surface area contributed by atoms with Gasteiger partial charge in [-0.15, -0.1) is 0 Å². The average Bonchev–Trinajstić information content (AvgIpc) is 3.49. The average molecular weight is 422 g/mol. The van der Waals surface area contributed by atoms with Crippen LogP contribution in [0.5, 0.6) is 11.5 Å². The quantitative estimate of drug-likeness (QED) is 0.477. The molecule has 1 unspecified atom stereocenters. The van der Waals surface area contributed by atoms with Crippen molar-refractivity contribution >= 4 is 5.91 Å². The Morgan fingerprint density at radius 2 is 1.87 bits per heavy atom. The number of likely N-dealkylation sites (tertiary alicyclic amines) is 1. The molecule has 9 heteroatoms. The summed E-state index contributed by atoms with van der Waals surface area (Å²) in [6, 6.07) is 14.5. The molecule has 1 atom stereocenters. The van der Waals surface area contributed by atoms with Crippen LogP contribution >= 0.6 is 0 Å². The number of aromatic nitrogens is 2. The van der Waals surface area contributed by atoms with Crippen LogP contribution in [-0.2, 0) is 4.79 Å². The number of carbonyl (C=O) groups excluding carboxylic acids is 1. The Labute approximate surface area is 178 Å². The smallest absolute Gasteiger partial charge is 0.265 e. The Kier molecular flexibility index (Phi) is 5.27. The summed E-state index contributed by atoms with van der Waals surface area (Å²) in [4.78, 5) is 19.0. The zero-order valence-corrected chi connectivity index (χ0v) is 16.7. The number of rotatable bonds is 5. The van der Waals surface area contributed by atoms with E-state index in [0.717, 1.165) is 24.0 Å². The second kappa shape index (κ2) is 8.37. The zero-order valence-electron chi connectivity index (χ0n) is 16.7. The van der Waals surface area contributed by atoms with E-state index in [1.165, 1.54) is 0 Å². The second-order valence-electron chi connectivity index (χ2n) is 7.62. The van der Waals surface area contributed by atoms with Crippen LogP contribution in [0, 0.1) is 0 Å². The van der Waals surface area contributed by atoms with Gasteiger partial charge in [0.15, 0.2) is 11.5 Å². The Hall–Kier alpha value is -3.43. The van der Waals surface area contributed by atoms with Crippen molar-refractivity contribution in [1.82, 2.24) is 20.5 Å². The number of fused-ring (bicyclic) bond motifs is 1. The highest BCUT2D eigenvalue weighted by molar-refractivity contribution is 5.82. The molecule has 1 amide bonds. The predicted molar refractivity (Wildman–Crippen MR) is 109 cm³/mol. The van der Waals surface area contributed by atoms with E-state index < -0.39 is 11.9 Å². The Bertz CT molecular complexity index is 1060. The predicted octanol–water partition coefficient (Wildman–Crippen LogP) is 2.89. The van der Waals surface area contributed by atoms with E-state index in [9.17, 15) is 10.0 Å². The topological polar surface area (TPSA) is 110 Å². The van der Waals surface area contributed by atoms with Gasteiger partial charge in [0.2, 0.25) is 18.5 Å². The second-order valence-corrected chi connectivity index (χ2v) is 7.62. The third-order valence-electron chi connectivity index (χ3n) is 5.79. The molecule has 0 saturated carbocycles.